The lowest BCUT2D eigenvalue weighted by atomic mass is 10.0. The second kappa shape index (κ2) is 14.4. The van der Waals surface area contributed by atoms with Gasteiger partial charge < -0.3 is 20.3 Å². The largest absolute Gasteiger partial charge is 0.444 e. The van der Waals surface area contributed by atoms with Crippen LogP contribution in [0.25, 0.3) is 0 Å². The van der Waals surface area contributed by atoms with Crippen molar-refractivity contribution in [1.82, 2.24) is 4.90 Å². The molecular weight excluding hydrogens is 640 g/mol. The van der Waals surface area contributed by atoms with Crippen molar-refractivity contribution in [1.29, 1.82) is 5.26 Å². The second-order valence-electron chi connectivity index (χ2n) is 11.7. The standard InChI is InChI=1S/C35H33ClN4O4S2/c1-35(2,3)44-34(43)40-17-16-27-28(20-37)33(46-29(27)21-40)39-32(42)31(23-8-5-4-6-9-23)45-26-11-7-10-25(19-26)38-30(41)18-22-12-14-24(36)15-13-22/h4-15,19,31H,16-18,21H2,1-3H3,(H,38,41)(H,39,42). The molecule has 0 saturated heterocycles. The lowest BCUT2D eigenvalue weighted by Gasteiger charge is -2.29. The first kappa shape index (κ1) is 33.1. The minimum absolute atomic E-state index is 0.169. The van der Waals surface area contributed by atoms with E-state index in [4.69, 9.17) is 16.3 Å². The average molecular weight is 673 g/mol. The summed E-state index contributed by atoms with van der Waals surface area (Å²) in [5.74, 6) is -0.453. The molecule has 3 aromatic carbocycles. The molecule has 1 aliphatic heterocycles. The first-order valence-corrected chi connectivity index (χ1v) is 16.8. The van der Waals surface area contributed by atoms with E-state index in [-0.39, 0.29) is 18.2 Å². The number of rotatable bonds is 8. The summed E-state index contributed by atoms with van der Waals surface area (Å²) in [6, 6.07) is 26.2. The van der Waals surface area contributed by atoms with Gasteiger partial charge in [0.25, 0.3) is 0 Å². The molecule has 3 amide bonds. The number of benzene rings is 3. The van der Waals surface area contributed by atoms with Crippen LogP contribution in [0.2, 0.25) is 5.02 Å². The van der Waals surface area contributed by atoms with Crippen LogP contribution in [0.1, 0.15) is 53.2 Å². The molecule has 236 valence electrons. The average Bonchev–Trinajstić information content (AvgIpc) is 3.36. The molecule has 0 bridgehead atoms. The Hall–Kier alpha value is -4.30. The van der Waals surface area contributed by atoms with Crippen LogP contribution >= 0.6 is 34.7 Å². The summed E-state index contributed by atoms with van der Waals surface area (Å²) >= 11 is 8.62. The Bertz CT molecular complexity index is 1780. The van der Waals surface area contributed by atoms with Gasteiger partial charge in [0, 0.05) is 27.0 Å². The summed E-state index contributed by atoms with van der Waals surface area (Å²) in [4.78, 5) is 42.6. The fourth-order valence-corrected chi connectivity index (χ4v) is 7.37. The zero-order valence-electron chi connectivity index (χ0n) is 25.6. The Labute approximate surface area is 281 Å². The Balaban J connectivity index is 1.32. The molecule has 0 saturated carbocycles. The predicted molar refractivity (Wildman–Crippen MR) is 183 cm³/mol. The lowest BCUT2D eigenvalue weighted by molar-refractivity contribution is -0.116. The van der Waals surface area contributed by atoms with Gasteiger partial charge in [0.2, 0.25) is 11.8 Å². The van der Waals surface area contributed by atoms with Gasteiger partial charge in [0.05, 0.1) is 18.5 Å². The van der Waals surface area contributed by atoms with E-state index in [1.165, 1.54) is 23.1 Å². The third kappa shape index (κ3) is 8.49. The van der Waals surface area contributed by atoms with Gasteiger partial charge in [-0.15, -0.1) is 23.1 Å². The Morgan fingerprint density at radius 3 is 2.48 bits per heavy atom. The highest BCUT2D eigenvalue weighted by Gasteiger charge is 2.31. The molecule has 1 unspecified atom stereocenters. The topological polar surface area (TPSA) is 112 Å². The van der Waals surface area contributed by atoms with E-state index in [2.05, 4.69) is 16.7 Å². The molecule has 46 heavy (non-hydrogen) atoms. The molecule has 4 aromatic rings. The van der Waals surface area contributed by atoms with E-state index in [0.717, 1.165) is 26.5 Å². The van der Waals surface area contributed by atoms with E-state index in [1.807, 2.05) is 81.4 Å². The van der Waals surface area contributed by atoms with Crippen molar-refractivity contribution >= 4 is 63.3 Å². The summed E-state index contributed by atoms with van der Waals surface area (Å²) in [6.07, 6.45) is 0.294. The predicted octanol–water partition coefficient (Wildman–Crippen LogP) is 8.22. The molecule has 0 fully saturated rings. The lowest BCUT2D eigenvalue weighted by Crippen LogP contribution is -2.39. The molecule has 2 N–H and O–H groups in total. The van der Waals surface area contributed by atoms with Gasteiger partial charge >= 0.3 is 6.09 Å². The van der Waals surface area contributed by atoms with Crippen molar-refractivity contribution in [2.24, 2.45) is 0 Å². The number of anilines is 2. The van der Waals surface area contributed by atoms with E-state index in [9.17, 15) is 19.6 Å². The molecule has 0 spiro atoms. The number of amides is 3. The SMILES string of the molecule is CC(C)(C)OC(=O)N1CCc2c(sc(NC(=O)C(Sc3cccc(NC(=O)Cc4ccc(Cl)cc4)c3)c3ccccc3)c2C#N)C1. The number of hydrogen-bond donors (Lipinski definition) is 2. The van der Waals surface area contributed by atoms with Gasteiger partial charge in [0.1, 0.15) is 21.9 Å². The molecule has 1 aliphatic rings. The van der Waals surface area contributed by atoms with Crippen LogP contribution in [0.5, 0.6) is 0 Å². The van der Waals surface area contributed by atoms with Crippen molar-refractivity contribution in [2.75, 3.05) is 17.2 Å². The van der Waals surface area contributed by atoms with Crippen LogP contribution in [0.4, 0.5) is 15.5 Å². The molecule has 2 heterocycles. The molecule has 1 atom stereocenters. The summed E-state index contributed by atoms with van der Waals surface area (Å²) in [5.41, 5.74) is 2.92. The molecule has 11 heteroatoms. The summed E-state index contributed by atoms with van der Waals surface area (Å²) < 4.78 is 5.54. The molecule has 0 aliphatic carbocycles. The quantitative estimate of drug-likeness (QED) is 0.183. The van der Waals surface area contributed by atoms with Crippen molar-refractivity contribution < 1.29 is 19.1 Å². The summed E-state index contributed by atoms with van der Waals surface area (Å²) in [5, 5.41) is 16.4. The Morgan fingerprint density at radius 2 is 1.78 bits per heavy atom. The summed E-state index contributed by atoms with van der Waals surface area (Å²) in [7, 11) is 0. The van der Waals surface area contributed by atoms with Crippen LogP contribution in [0.15, 0.2) is 83.8 Å². The number of halogens is 1. The first-order chi connectivity index (χ1) is 22.0. The van der Waals surface area contributed by atoms with Crippen LogP contribution < -0.4 is 10.6 Å². The number of thioether (sulfide) groups is 1. The fraction of sp³-hybridized carbons (Fsp3) is 0.257. The Morgan fingerprint density at radius 1 is 1.04 bits per heavy atom. The monoisotopic (exact) mass is 672 g/mol. The van der Waals surface area contributed by atoms with Crippen molar-refractivity contribution in [3.8, 4) is 6.07 Å². The van der Waals surface area contributed by atoms with Crippen LogP contribution in [-0.2, 0) is 33.7 Å². The van der Waals surface area contributed by atoms with Gasteiger partial charge in [-0.1, -0.05) is 60.1 Å². The van der Waals surface area contributed by atoms with E-state index >= 15 is 0 Å². The first-order valence-electron chi connectivity index (χ1n) is 14.7. The van der Waals surface area contributed by atoms with Gasteiger partial charge in [-0.3, -0.25) is 9.59 Å². The van der Waals surface area contributed by atoms with E-state index < -0.39 is 16.9 Å². The van der Waals surface area contributed by atoms with Crippen molar-refractivity contribution in [2.45, 2.75) is 55.9 Å². The number of hydrogen-bond acceptors (Lipinski definition) is 7. The highest BCUT2D eigenvalue weighted by Crippen LogP contribution is 2.41. The zero-order chi connectivity index (χ0) is 32.8. The van der Waals surface area contributed by atoms with Gasteiger partial charge in [-0.2, -0.15) is 5.26 Å². The van der Waals surface area contributed by atoms with Gasteiger partial charge in [-0.05, 0) is 74.2 Å². The molecule has 1 aromatic heterocycles. The number of nitriles is 1. The van der Waals surface area contributed by atoms with Crippen molar-refractivity contribution in [3.05, 3.63) is 111 Å². The Kier molecular flexibility index (Phi) is 10.4. The zero-order valence-corrected chi connectivity index (χ0v) is 28.0. The number of carbonyl (C=O) groups excluding carboxylic acids is 3. The molecule has 5 rings (SSSR count). The highest BCUT2D eigenvalue weighted by molar-refractivity contribution is 8.00. The number of nitrogens with zero attached hydrogens (tertiary/aromatic N) is 2. The maximum Gasteiger partial charge on any atom is 0.410 e. The number of ether oxygens (including phenoxy) is 1. The van der Waals surface area contributed by atoms with Gasteiger partial charge in [-0.25, -0.2) is 4.79 Å². The minimum atomic E-state index is -0.648. The third-order valence-corrected chi connectivity index (χ3v) is 9.68. The second-order valence-corrected chi connectivity index (χ2v) is 14.5. The van der Waals surface area contributed by atoms with Crippen LogP contribution in [0, 0.1) is 11.3 Å². The van der Waals surface area contributed by atoms with Crippen molar-refractivity contribution in [3.63, 3.8) is 0 Å². The van der Waals surface area contributed by atoms with Crippen LogP contribution in [-0.4, -0.2) is 35.0 Å². The summed E-state index contributed by atoms with van der Waals surface area (Å²) in [6.45, 7) is 6.21. The minimum Gasteiger partial charge on any atom is -0.444 e. The highest BCUT2D eigenvalue weighted by atomic mass is 35.5. The molecule has 0 radical (unpaired) electrons. The number of fused-ring (bicyclic) bond motifs is 1. The van der Waals surface area contributed by atoms with E-state index in [0.29, 0.717) is 40.8 Å². The maximum absolute atomic E-state index is 13.9. The van der Waals surface area contributed by atoms with Crippen LogP contribution in [0.3, 0.4) is 0 Å². The number of carbonyl (C=O) groups is 3. The maximum atomic E-state index is 13.9. The van der Waals surface area contributed by atoms with E-state index in [1.54, 1.807) is 23.1 Å². The fourth-order valence-electron chi connectivity index (χ4n) is 4.95. The molecular formula is C35H33ClN4O4S2. The third-order valence-electron chi connectivity index (χ3n) is 7.05. The normalized spacial score (nSPS) is 13.2. The smallest absolute Gasteiger partial charge is 0.410 e. The van der Waals surface area contributed by atoms with Gasteiger partial charge in [0.15, 0.2) is 0 Å². The number of nitrogens with one attached hydrogen (secondary N) is 2. The number of thiophene rings is 1. The molecule has 8 nitrogen and oxygen atoms in total.